The minimum absolute atomic E-state index is 0. The molecule has 1 heterocycles. The largest absolute Gasteiger partial charge is 1.00 e. The topological polar surface area (TPSA) is 63.7 Å². The first-order chi connectivity index (χ1) is 4.33. The molecule has 0 saturated heterocycles. The van der Waals surface area contributed by atoms with Gasteiger partial charge in [-0.05, 0) is 19.2 Å². The van der Waals surface area contributed by atoms with Gasteiger partial charge in [-0.15, -0.1) is 0 Å². The Morgan fingerprint density at radius 2 is 2.09 bits per heavy atom. The third kappa shape index (κ3) is 6.37. The summed E-state index contributed by atoms with van der Waals surface area (Å²) in [4.78, 5) is 7.44. The summed E-state index contributed by atoms with van der Waals surface area (Å²) in [6.45, 7) is 0. The molecule has 0 saturated carbocycles. The van der Waals surface area contributed by atoms with Gasteiger partial charge in [-0.25, -0.2) is 0 Å². The minimum atomic E-state index is 0. The number of nitrogens with one attached hydrogen (secondary N) is 1. The zero-order chi connectivity index (χ0) is 6.69. The summed E-state index contributed by atoms with van der Waals surface area (Å²) >= 11 is 0. The van der Waals surface area contributed by atoms with E-state index in [9.17, 15) is 0 Å². The molecule has 0 radical (unpaired) electrons. The van der Waals surface area contributed by atoms with Crippen LogP contribution in [-0.4, -0.2) is 17.0 Å². The summed E-state index contributed by atoms with van der Waals surface area (Å²) in [7, 11) is 1.59. The van der Waals surface area contributed by atoms with Crippen LogP contribution in [0.15, 0.2) is 12.3 Å². The number of hydrogen-bond acceptors (Lipinski definition) is 2. The van der Waals surface area contributed by atoms with Gasteiger partial charge in [0.05, 0.1) is 0 Å². The van der Waals surface area contributed by atoms with Crippen molar-refractivity contribution in [3.8, 4) is 0 Å². The van der Waals surface area contributed by atoms with Gasteiger partial charge in [0.25, 0.3) is 0 Å². The van der Waals surface area contributed by atoms with E-state index in [2.05, 4.69) is 15.3 Å². The van der Waals surface area contributed by atoms with Crippen molar-refractivity contribution in [3.05, 3.63) is 23.3 Å². The van der Waals surface area contributed by atoms with Crippen molar-refractivity contribution >= 4 is 11.8 Å². The van der Waals surface area contributed by atoms with Crippen LogP contribution >= 0.6 is 0 Å². The molecule has 0 atom stereocenters. The summed E-state index contributed by atoms with van der Waals surface area (Å²) in [6.07, 6.45) is 1.51. The Labute approximate surface area is 164 Å². The smallest absolute Gasteiger partial charge is 0.482 e. The zero-order valence-electron chi connectivity index (χ0n) is 7.00. The Morgan fingerprint density at radius 1 is 1.45 bits per heavy atom. The van der Waals surface area contributed by atoms with Gasteiger partial charge >= 0.3 is 116 Å². The summed E-state index contributed by atoms with van der Waals surface area (Å²) < 4.78 is 0. The van der Waals surface area contributed by atoms with Crippen LogP contribution in [-0.2, 0) is 0 Å². The van der Waals surface area contributed by atoms with E-state index in [0.717, 1.165) is 0 Å². The zero-order valence-corrected chi connectivity index (χ0v) is 16.8. The van der Waals surface area contributed by atoms with Crippen molar-refractivity contribution in [1.82, 2.24) is 9.97 Å². The molecule has 1 N–H and O–H groups in total. The molecule has 48 valence electrons. The van der Waals surface area contributed by atoms with Gasteiger partial charge in [0.15, 0.2) is 0 Å². The van der Waals surface area contributed by atoms with Crippen LogP contribution in [0.2, 0.25) is 0 Å². The third-order valence-electron chi connectivity index (χ3n) is 0.843. The normalized spacial score (nSPS) is 7.36. The Balaban J connectivity index is 0. The second kappa shape index (κ2) is 8.87. The van der Waals surface area contributed by atoms with E-state index in [1.807, 2.05) is 0 Å². The van der Waals surface area contributed by atoms with Gasteiger partial charge in [0.1, 0.15) is 0 Å². The first-order valence-electron chi connectivity index (χ1n) is 2.47. The first kappa shape index (κ1) is 15.7. The maximum atomic E-state index is 7.03. The van der Waals surface area contributed by atoms with Crippen molar-refractivity contribution in [2.75, 3.05) is 7.05 Å². The Kier molecular flexibility index (Phi) is 12.7. The molecular formula is C5H6N4Rb2. The summed E-state index contributed by atoms with van der Waals surface area (Å²) in [5.74, 6) is 0.563. The minimum Gasteiger partial charge on any atom is -0.482 e. The molecule has 0 unspecified atom stereocenters. The maximum Gasteiger partial charge on any atom is 1.00 e. The number of hydrogen-bond donors (Lipinski definition) is 0. The second-order valence-electron chi connectivity index (χ2n) is 1.47. The van der Waals surface area contributed by atoms with Crippen molar-refractivity contribution in [2.24, 2.45) is 0 Å². The molecule has 6 heteroatoms. The quantitative estimate of drug-likeness (QED) is 0.527. The van der Waals surface area contributed by atoms with Crippen molar-refractivity contribution in [2.45, 2.75) is 0 Å². The van der Waals surface area contributed by atoms with Crippen LogP contribution < -0.4 is 116 Å². The monoisotopic (exact) mass is 292 g/mol. The van der Waals surface area contributed by atoms with E-state index in [1.165, 1.54) is 12.3 Å². The van der Waals surface area contributed by atoms with Crippen LogP contribution in [0.3, 0.4) is 0 Å². The van der Waals surface area contributed by atoms with E-state index in [-0.39, 0.29) is 122 Å². The van der Waals surface area contributed by atoms with Gasteiger partial charge in [-0.3, -0.25) is 0 Å². The Bertz CT molecular complexity index is 205. The summed E-state index contributed by atoms with van der Waals surface area (Å²) in [5, 5.41) is 3.69. The van der Waals surface area contributed by atoms with E-state index < -0.39 is 0 Å². The molecule has 1 rings (SSSR count). The molecule has 0 bridgehead atoms. The molecule has 1 aromatic heterocycles. The van der Waals surface area contributed by atoms with E-state index >= 15 is 0 Å². The molecule has 0 amide bonds. The standard InChI is InChI=1S/C5H6N4.2Rb/c1-7-5-8-3-2-4(6)9-5;;/h2-3H,1H3,(H-2,6,7,8,9);;/q-2;2*+1. The van der Waals surface area contributed by atoms with Crippen LogP contribution in [0.5, 0.6) is 0 Å². The second-order valence-corrected chi connectivity index (χ2v) is 1.47. The van der Waals surface area contributed by atoms with Crippen LogP contribution in [0.25, 0.3) is 11.1 Å². The Morgan fingerprint density at radius 3 is 2.45 bits per heavy atom. The van der Waals surface area contributed by atoms with Crippen LogP contribution in [0.4, 0.5) is 11.8 Å². The molecule has 0 spiro atoms. The predicted octanol–water partition coefficient (Wildman–Crippen LogP) is -4.20. The summed E-state index contributed by atoms with van der Waals surface area (Å²) in [5.41, 5.74) is 7.03. The fourth-order valence-electron chi connectivity index (χ4n) is 0.456. The van der Waals surface area contributed by atoms with E-state index in [1.54, 1.807) is 7.05 Å². The number of nitrogens with zero attached hydrogens (tertiary/aromatic N) is 3. The average molecular weight is 293 g/mol. The maximum absolute atomic E-state index is 7.03. The Hall–Kier alpha value is 2.29. The van der Waals surface area contributed by atoms with Crippen molar-refractivity contribution in [1.29, 1.82) is 0 Å². The summed E-state index contributed by atoms with van der Waals surface area (Å²) in [6, 6.07) is 1.51. The van der Waals surface area contributed by atoms with Gasteiger partial charge < -0.3 is 21.0 Å². The van der Waals surface area contributed by atoms with Gasteiger partial charge in [-0.1, -0.05) is 11.9 Å². The van der Waals surface area contributed by atoms with E-state index in [0.29, 0.717) is 5.95 Å². The molecule has 1 aromatic rings. The number of rotatable bonds is 1. The number of aromatic nitrogens is 2. The molecule has 0 aliphatic rings. The van der Waals surface area contributed by atoms with Gasteiger partial charge in [0, 0.05) is 0 Å². The molecule has 0 aromatic carbocycles. The first-order valence-corrected chi connectivity index (χ1v) is 2.47. The molecule has 0 fully saturated rings. The van der Waals surface area contributed by atoms with Crippen LogP contribution in [0, 0.1) is 0 Å². The third-order valence-corrected chi connectivity index (χ3v) is 0.843. The molecule has 0 aliphatic heterocycles. The molecular weight excluding hydrogens is 287 g/mol. The van der Waals surface area contributed by atoms with Gasteiger partial charge in [-0.2, -0.15) is 0 Å². The van der Waals surface area contributed by atoms with E-state index in [4.69, 9.17) is 5.73 Å². The van der Waals surface area contributed by atoms with Crippen LogP contribution in [0.1, 0.15) is 0 Å². The molecule has 0 aliphatic carbocycles. The molecule has 11 heavy (non-hydrogen) atoms. The fraction of sp³-hybridized carbons (Fsp3) is 0.200. The fourth-order valence-corrected chi connectivity index (χ4v) is 0.456. The molecule has 4 nitrogen and oxygen atoms in total. The average Bonchev–Trinajstić information content (AvgIpc) is 1.88. The van der Waals surface area contributed by atoms with Crippen molar-refractivity contribution in [3.63, 3.8) is 0 Å². The van der Waals surface area contributed by atoms with Crippen molar-refractivity contribution < 1.29 is 116 Å². The van der Waals surface area contributed by atoms with Gasteiger partial charge in [0.2, 0.25) is 0 Å². The SMILES string of the molecule is C[N-]c1nccc([NH-])n1.[Rb+].[Rb+]. The predicted molar refractivity (Wildman–Crippen MR) is 35.0 cm³/mol.